The van der Waals surface area contributed by atoms with Crippen molar-refractivity contribution >= 4 is 5.97 Å². The topological polar surface area (TPSA) is 94.7 Å². The average molecular weight is 486 g/mol. The van der Waals surface area contributed by atoms with Gasteiger partial charge in [0.25, 0.3) is 5.89 Å². The van der Waals surface area contributed by atoms with Crippen molar-refractivity contribution in [1.82, 2.24) is 10.1 Å². The van der Waals surface area contributed by atoms with Crippen molar-refractivity contribution in [2.24, 2.45) is 5.92 Å². The molecular weight excluding hydrogens is 463 g/mol. The number of carboxylic acid groups (broad SMARTS) is 1. The fourth-order valence-electron chi connectivity index (χ4n) is 4.86. The highest BCUT2D eigenvalue weighted by Crippen LogP contribution is 2.48. The lowest BCUT2D eigenvalue weighted by Crippen LogP contribution is -2.06. The number of rotatable bonds is 7. The summed E-state index contributed by atoms with van der Waals surface area (Å²) in [5, 5.41) is 13.0. The summed E-state index contributed by atoms with van der Waals surface area (Å²) in [6.07, 6.45) is 1.50. The molecule has 1 saturated carbocycles. The van der Waals surface area contributed by atoms with Crippen LogP contribution in [0.4, 0.5) is 4.39 Å². The van der Waals surface area contributed by atoms with Crippen LogP contribution in [0.5, 0.6) is 17.2 Å². The molecule has 0 radical (unpaired) electrons. The standard InChI is InChI=1S/C28H23FN2O5/c1-15-30-27(36-31-15)17-4-8-18(9-5-17)34-24-13-11-23(29)26-20(24)10-12-25(26)35-19-6-2-16(3-7-19)21-14-22(21)28(32)33/h2-9,11,13,21-22,25H,10,12,14H2,1H3,(H,32,33)/t21-,22+,25-/m1/s1. The molecule has 3 atom stereocenters. The Morgan fingerprint density at radius 2 is 1.81 bits per heavy atom. The van der Waals surface area contributed by atoms with Gasteiger partial charge in [-0.2, -0.15) is 4.98 Å². The third-order valence-corrected chi connectivity index (χ3v) is 6.79. The Balaban J connectivity index is 1.17. The first-order valence-electron chi connectivity index (χ1n) is 11.9. The Hall–Kier alpha value is -4.20. The highest BCUT2D eigenvalue weighted by atomic mass is 19.1. The second-order valence-corrected chi connectivity index (χ2v) is 9.21. The maximum atomic E-state index is 14.9. The van der Waals surface area contributed by atoms with Gasteiger partial charge in [-0.05, 0) is 86.2 Å². The van der Waals surface area contributed by atoms with E-state index in [4.69, 9.17) is 19.1 Å². The van der Waals surface area contributed by atoms with Gasteiger partial charge in [0.2, 0.25) is 0 Å². The van der Waals surface area contributed by atoms with E-state index >= 15 is 0 Å². The van der Waals surface area contributed by atoms with Crippen LogP contribution in [0.3, 0.4) is 0 Å². The summed E-state index contributed by atoms with van der Waals surface area (Å²) < 4.78 is 32.3. The van der Waals surface area contributed by atoms with Crippen LogP contribution in [-0.4, -0.2) is 21.2 Å². The molecule has 0 aliphatic heterocycles. The van der Waals surface area contributed by atoms with Crippen LogP contribution in [-0.2, 0) is 11.2 Å². The quantitative estimate of drug-likeness (QED) is 0.331. The van der Waals surface area contributed by atoms with E-state index in [1.165, 1.54) is 6.07 Å². The van der Waals surface area contributed by atoms with Crippen LogP contribution in [0.15, 0.2) is 65.2 Å². The van der Waals surface area contributed by atoms with E-state index in [1.807, 2.05) is 48.5 Å². The number of aryl methyl sites for hydroxylation is 1. The number of nitrogens with zero attached hydrogens (tertiary/aromatic N) is 2. The van der Waals surface area contributed by atoms with Crippen molar-refractivity contribution in [2.45, 2.75) is 38.2 Å². The van der Waals surface area contributed by atoms with Crippen LogP contribution in [0.1, 0.15) is 47.4 Å². The summed E-state index contributed by atoms with van der Waals surface area (Å²) in [5.74, 6) is 1.53. The highest BCUT2D eigenvalue weighted by Gasteiger charge is 2.44. The molecule has 2 aliphatic carbocycles. The maximum absolute atomic E-state index is 14.9. The molecule has 3 aromatic carbocycles. The van der Waals surface area contributed by atoms with E-state index in [2.05, 4.69) is 10.1 Å². The number of benzene rings is 3. The van der Waals surface area contributed by atoms with Gasteiger partial charge >= 0.3 is 5.97 Å². The van der Waals surface area contributed by atoms with E-state index in [0.29, 0.717) is 53.8 Å². The largest absolute Gasteiger partial charge is 0.486 e. The Labute approximate surface area is 206 Å². The summed E-state index contributed by atoms with van der Waals surface area (Å²) in [5.41, 5.74) is 3.09. The zero-order valence-corrected chi connectivity index (χ0v) is 19.5. The zero-order chi connectivity index (χ0) is 24.8. The lowest BCUT2D eigenvalue weighted by atomic mass is 10.1. The van der Waals surface area contributed by atoms with Crippen LogP contribution in [0.25, 0.3) is 11.5 Å². The molecule has 0 spiro atoms. The van der Waals surface area contributed by atoms with Gasteiger partial charge in [0.05, 0.1) is 5.92 Å². The third-order valence-electron chi connectivity index (χ3n) is 6.79. The minimum atomic E-state index is -0.755. The number of fused-ring (bicyclic) bond motifs is 1. The molecule has 0 unspecified atom stereocenters. The monoisotopic (exact) mass is 486 g/mol. The Morgan fingerprint density at radius 1 is 1.06 bits per heavy atom. The number of carbonyl (C=O) groups is 1. The predicted molar refractivity (Wildman–Crippen MR) is 128 cm³/mol. The van der Waals surface area contributed by atoms with Crippen molar-refractivity contribution in [3.63, 3.8) is 0 Å². The molecule has 1 aromatic heterocycles. The number of aromatic nitrogens is 2. The molecule has 0 saturated heterocycles. The molecule has 182 valence electrons. The SMILES string of the molecule is Cc1noc(-c2ccc(Oc3ccc(F)c4c3CC[C@H]4Oc3ccc([C@H]4C[C@@H]4C(=O)O)cc3)cc2)n1. The number of ether oxygens (including phenoxy) is 2. The van der Waals surface area contributed by atoms with E-state index < -0.39 is 12.1 Å². The van der Waals surface area contributed by atoms with Crippen molar-refractivity contribution in [3.8, 4) is 28.7 Å². The summed E-state index contributed by atoms with van der Waals surface area (Å²) in [6.45, 7) is 1.76. The molecule has 1 heterocycles. The van der Waals surface area contributed by atoms with Crippen molar-refractivity contribution in [2.75, 3.05) is 0 Å². The molecule has 1 N–H and O–H groups in total. The van der Waals surface area contributed by atoms with Gasteiger partial charge in [0.1, 0.15) is 29.2 Å². The normalized spacial score (nSPS) is 20.1. The van der Waals surface area contributed by atoms with E-state index in [9.17, 15) is 9.18 Å². The Morgan fingerprint density at radius 3 is 2.47 bits per heavy atom. The minimum absolute atomic E-state index is 0.0612. The highest BCUT2D eigenvalue weighted by molar-refractivity contribution is 5.75. The van der Waals surface area contributed by atoms with Gasteiger partial charge in [-0.25, -0.2) is 4.39 Å². The molecule has 6 rings (SSSR count). The molecule has 8 heteroatoms. The van der Waals surface area contributed by atoms with E-state index in [-0.39, 0.29) is 17.7 Å². The fourth-order valence-corrected chi connectivity index (χ4v) is 4.86. The summed E-state index contributed by atoms with van der Waals surface area (Å²) in [6, 6.07) is 17.8. The molecule has 1 fully saturated rings. The lowest BCUT2D eigenvalue weighted by Gasteiger charge is -2.17. The molecule has 7 nitrogen and oxygen atoms in total. The molecular formula is C28H23FN2O5. The number of hydrogen-bond donors (Lipinski definition) is 1. The molecule has 4 aromatic rings. The number of aliphatic carboxylic acids is 1. The first-order chi connectivity index (χ1) is 17.5. The fraction of sp³-hybridized carbons (Fsp3) is 0.250. The molecule has 0 bridgehead atoms. The summed E-state index contributed by atoms with van der Waals surface area (Å²) >= 11 is 0. The number of hydrogen-bond acceptors (Lipinski definition) is 6. The predicted octanol–water partition coefficient (Wildman–Crippen LogP) is 6.23. The lowest BCUT2D eigenvalue weighted by molar-refractivity contribution is -0.138. The van der Waals surface area contributed by atoms with E-state index in [1.54, 1.807) is 13.0 Å². The van der Waals surface area contributed by atoms with Crippen LogP contribution < -0.4 is 9.47 Å². The van der Waals surface area contributed by atoms with Crippen LogP contribution >= 0.6 is 0 Å². The van der Waals surface area contributed by atoms with Crippen molar-refractivity contribution in [3.05, 3.63) is 89.0 Å². The summed E-state index contributed by atoms with van der Waals surface area (Å²) in [4.78, 5) is 15.4. The Bertz CT molecular complexity index is 1430. The zero-order valence-electron chi connectivity index (χ0n) is 19.5. The third kappa shape index (κ3) is 4.19. The maximum Gasteiger partial charge on any atom is 0.307 e. The van der Waals surface area contributed by atoms with Gasteiger partial charge in [-0.3, -0.25) is 4.79 Å². The number of carboxylic acids is 1. The van der Waals surface area contributed by atoms with Crippen LogP contribution in [0, 0.1) is 18.7 Å². The van der Waals surface area contributed by atoms with E-state index in [0.717, 1.165) is 16.7 Å². The number of halogens is 1. The van der Waals surface area contributed by atoms with Gasteiger partial charge in [0.15, 0.2) is 5.82 Å². The Kier molecular flexibility index (Phi) is 5.44. The molecule has 0 amide bonds. The second kappa shape index (κ2) is 8.78. The summed E-state index contributed by atoms with van der Waals surface area (Å²) in [7, 11) is 0. The smallest absolute Gasteiger partial charge is 0.307 e. The first-order valence-corrected chi connectivity index (χ1v) is 11.9. The minimum Gasteiger partial charge on any atom is -0.486 e. The van der Waals surface area contributed by atoms with Crippen molar-refractivity contribution in [1.29, 1.82) is 0 Å². The second-order valence-electron chi connectivity index (χ2n) is 9.21. The van der Waals surface area contributed by atoms with Gasteiger partial charge in [-0.1, -0.05) is 17.3 Å². The molecule has 36 heavy (non-hydrogen) atoms. The van der Waals surface area contributed by atoms with Crippen LogP contribution in [0.2, 0.25) is 0 Å². The van der Waals surface area contributed by atoms with Gasteiger partial charge in [0, 0.05) is 16.7 Å². The first kappa shape index (κ1) is 22.3. The van der Waals surface area contributed by atoms with Gasteiger partial charge in [-0.15, -0.1) is 0 Å². The van der Waals surface area contributed by atoms with Crippen molar-refractivity contribution < 1.29 is 28.3 Å². The molecule has 2 aliphatic rings. The van der Waals surface area contributed by atoms with Gasteiger partial charge < -0.3 is 19.1 Å². The average Bonchev–Trinajstić information content (AvgIpc) is 3.40.